The summed E-state index contributed by atoms with van der Waals surface area (Å²) < 4.78 is 0. The summed E-state index contributed by atoms with van der Waals surface area (Å²) >= 11 is 0. The SMILES string of the molecule is C[C@@H](CC(=O)O)NC(=O)c1cc(C(C)(C)C)[nH]c(=O)n1. The summed E-state index contributed by atoms with van der Waals surface area (Å²) in [6.45, 7) is 7.26. The van der Waals surface area contributed by atoms with Gasteiger partial charge in [0.05, 0.1) is 6.42 Å². The molecule has 0 aromatic carbocycles. The molecule has 0 fully saturated rings. The van der Waals surface area contributed by atoms with Crippen LogP contribution >= 0.6 is 0 Å². The van der Waals surface area contributed by atoms with Crippen molar-refractivity contribution in [3.8, 4) is 0 Å². The first-order chi connectivity index (χ1) is 9.09. The third kappa shape index (κ3) is 4.49. The van der Waals surface area contributed by atoms with Crippen molar-refractivity contribution in [2.45, 2.75) is 45.6 Å². The van der Waals surface area contributed by atoms with Crippen LogP contribution in [0.5, 0.6) is 0 Å². The lowest BCUT2D eigenvalue weighted by Gasteiger charge is -2.19. The van der Waals surface area contributed by atoms with Crippen LogP contribution in [0, 0.1) is 0 Å². The van der Waals surface area contributed by atoms with Gasteiger partial charge < -0.3 is 15.4 Å². The molecule has 1 rings (SSSR count). The van der Waals surface area contributed by atoms with E-state index < -0.39 is 23.6 Å². The molecule has 0 saturated carbocycles. The molecular weight excluding hydrogens is 262 g/mol. The van der Waals surface area contributed by atoms with Crippen LogP contribution in [0.3, 0.4) is 0 Å². The molecule has 0 aliphatic heterocycles. The van der Waals surface area contributed by atoms with Crippen molar-refractivity contribution < 1.29 is 14.7 Å². The van der Waals surface area contributed by atoms with Gasteiger partial charge in [-0.25, -0.2) is 4.79 Å². The molecule has 7 nitrogen and oxygen atoms in total. The van der Waals surface area contributed by atoms with Gasteiger partial charge in [0, 0.05) is 17.2 Å². The standard InChI is InChI=1S/C13H19N3O4/c1-7(5-10(17)18)14-11(19)8-6-9(13(2,3)4)16-12(20)15-8/h6-7H,5H2,1-4H3,(H,14,19)(H,17,18)(H,15,16,20)/t7-/m0/s1. The topological polar surface area (TPSA) is 112 Å². The molecule has 1 amide bonds. The molecule has 0 aliphatic rings. The summed E-state index contributed by atoms with van der Waals surface area (Å²) in [7, 11) is 0. The van der Waals surface area contributed by atoms with Gasteiger partial charge in [0.25, 0.3) is 5.91 Å². The number of aromatic nitrogens is 2. The molecule has 1 atom stereocenters. The highest BCUT2D eigenvalue weighted by molar-refractivity contribution is 5.92. The maximum absolute atomic E-state index is 11.9. The Morgan fingerprint density at radius 3 is 2.55 bits per heavy atom. The number of aromatic amines is 1. The number of aliphatic carboxylic acids is 1. The summed E-state index contributed by atoms with van der Waals surface area (Å²) in [5, 5.41) is 11.1. The first kappa shape index (κ1) is 15.9. The van der Waals surface area contributed by atoms with Gasteiger partial charge in [0.2, 0.25) is 0 Å². The van der Waals surface area contributed by atoms with Gasteiger partial charge in [-0.15, -0.1) is 0 Å². The molecule has 7 heteroatoms. The predicted molar refractivity (Wildman–Crippen MR) is 72.7 cm³/mol. The minimum atomic E-state index is -1.01. The summed E-state index contributed by atoms with van der Waals surface area (Å²) in [5.74, 6) is -1.57. The summed E-state index contributed by atoms with van der Waals surface area (Å²) in [6.07, 6.45) is -0.193. The van der Waals surface area contributed by atoms with E-state index in [2.05, 4.69) is 15.3 Å². The number of hydrogen-bond acceptors (Lipinski definition) is 4. The maximum atomic E-state index is 11.9. The van der Waals surface area contributed by atoms with Crippen LogP contribution in [-0.2, 0) is 10.2 Å². The van der Waals surface area contributed by atoms with Crippen molar-refractivity contribution >= 4 is 11.9 Å². The third-order valence-corrected chi connectivity index (χ3v) is 2.64. The molecule has 0 spiro atoms. The van der Waals surface area contributed by atoms with E-state index in [-0.39, 0.29) is 17.5 Å². The van der Waals surface area contributed by atoms with Gasteiger partial charge in [-0.2, -0.15) is 4.98 Å². The van der Waals surface area contributed by atoms with Crippen molar-refractivity contribution in [2.75, 3.05) is 0 Å². The maximum Gasteiger partial charge on any atom is 0.345 e. The predicted octanol–water partition coefficient (Wildman–Crippen LogP) is 0.660. The molecular formula is C13H19N3O4. The molecule has 1 heterocycles. The van der Waals surface area contributed by atoms with Crippen molar-refractivity contribution in [3.05, 3.63) is 27.9 Å². The average molecular weight is 281 g/mol. The highest BCUT2D eigenvalue weighted by atomic mass is 16.4. The Kier molecular flexibility index (Phi) is 4.65. The Morgan fingerprint density at radius 2 is 2.05 bits per heavy atom. The highest BCUT2D eigenvalue weighted by Crippen LogP contribution is 2.18. The molecule has 0 bridgehead atoms. The average Bonchev–Trinajstić information content (AvgIpc) is 2.25. The summed E-state index contributed by atoms with van der Waals surface area (Å²) in [4.78, 5) is 40.2. The number of hydrogen-bond donors (Lipinski definition) is 3. The van der Waals surface area contributed by atoms with Crippen LogP contribution in [0.4, 0.5) is 0 Å². The van der Waals surface area contributed by atoms with Crippen molar-refractivity contribution in [3.63, 3.8) is 0 Å². The molecule has 0 aliphatic carbocycles. The van der Waals surface area contributed by atoms with Crippen LogP contribution in [0.25, 0.3) is 0 Å². The Bertz CT molecular complexity index is 572. The summed E-state index contributed by atoms with van der Waals surface area (Å²) in [6, 6.07) is 0.962. The van der Waals surface area contributed by atoms with E-state index in [1.165, 1.54) is 6.07 Å². The molecule has 0 unspecified atom stereocenters. The number of carbonyl (C=O) groups excluding carboxylic acids is 1. The molecule has 1 aromatic heterocycles. The van der Waals surface area contributed by atoms with Gasteiger partial charge in [0.15, 0.2) is 0 Å². The normalized spacial score (nSPS) is 12.8. The smallest absolute Gasteiger partial charge is 0.345 e. The number of carboxylic acids is 1. The van der Waals surface area contributed by atoms with Crippen LogP contribution in [0.1, 0.15) is 50.3 Å². The number of carboxylic acid groups (broad SMARTS) is 1. The quantitative estimate of drug-likeness (QED) is 0.750. The molecule has 0 saturated heterocycles. The summed E-state index contributed by atoms with van der Waals surface area (Å²) in [5.41, 5.74) is -0.359. The number of nitrogens with one attached hydrogen (secondary N) is 2. The molecule has 1 aromatic rings. The second-order valence-corrected chi connectivity index (χ2v) is 5.71. The molecule has 20 heavy (non-hydrogen) atoms. The Morgan fingerprint density at radius 1 is 1.45 bits per heavy atom. The number of H-pyrrole nitrogens is 1. The zero-order valence-corrected chi connectivity index (χ0v) is 12.0. The Labute approximate surface area is 116 Å². The van der Waals surface area contributed by atoms with E-state index in [4.69, 9.17) is 5.11 Å². The fraction of sp³-hybridized carbons (Fsp3) is 0.538. The minimum Gasteiger partial charge on any atom is -0.481 e. The zero-order chi connectivity index (χ0) is 15.5. The third-order valence-electron chi connectivity index (χ3n) is 2.64. The minimum absolute atomic E-state index is 0.0177. The van der Waals surface area contributed by atoms with E-state index in [0.717, 1.165) is 0 Å². The van der Waals surface area contributed by atoms with Crippen LogP contribution in [0.2, 0.25) is 0 Å². The Balaban J connectivity index is 2.97. The van der Waals surface area contributed by atoms with Gasteiger partial charge in [-0.1, -0.05) is 20.8 Å². The highest BCUT2D eigenvalue weighted by Gasteiger charge is 2.20. The number of amides is 1. The lowest BCUT2D eigenvalue weighted by molar-refractivity contribution is -0.137. The lowest BCUT2D eigenvalue weighted by Crippen LogP contribution is -2.36. The van der Waals surface area contributed by atoms with E-state index in [0.29, 0.717) is 5.69 Å². The van der Waals surface area contributed by atoms with E-state index in [1.54, 1.807) is 6.92 Å². The first-order valence-corrected chi connectivity index (χ1v) is 6.24. The van der Waals surface area contributed by atoms with Crippen LogP contribution < -0.4 is 11.0 Å². The van der Waals surface area contributed by atoms with E-state index in [9.17, 15) is 14.4 Å². The van der Waals surface area contributed by atoms with E-state index in [1.807, 2.05) is 20.8 Å². The number of rotatable bonds is 4. The largest absolute Gasteiger partial charge is 0.481 e. The van der Waals surface area contributed by atoms with Gasteiger partial charge in [-0.3, -0.25) is 9.59 Å². The molecule has 0 radical (unpaired) electrons. The fourth-order valence-corrected chi connectivity index (χ4v) is 1.59. The molecule has 110 valence electrons. The number of nitrogens with zero attached hydrogens (tertiary/aromatic N) is 1. The van der Waals surface area contributed by atoms with Crippen molar-refractivity contribution in [2.24, 2.45) is 0 Å². The second-order valence-electron chi connectivity index (χ2n) is 5.71. The zero-order valence-electron chi connectivity index (χ0n) is 12.0. The van der Waals surface area contributed by atoms with Crippen LogP contribution in [0.15, 0.2) is 10.9 Å². The van der Waals surface area contributed by atoms with Gasteiger partial charge in [-0.05, 0) is 13.0 Å². The van der Waals surface area contributed by atoms with E-state index >= 15 is 0 Å². The fourth-order valence-electron chi connectivity index (χ4n) is 1.59. The first-order valence-electron chi connectivity index (χ1n) is 6.24. The Hall–Kier alpha value is -2.18. The number of carbonyl (C=O) groups is 2. The monoisotopic (exact) mass is 281 g/mol. The van der Waals surface area contributed by atoms with Gasteiger partial charge in [0.1, 0.15) is 5.69 Å². The lowest BCUT2D eigenvalue weighted by atomic mass is 9.91. The van der Waals surface area contributed by atoms with Gasteiger partial charge >= 0.3 is 11.7 Å². The van der Waals surface area contributed by atoms with Crippen molar-refractivity contribution in [1.82, 2.24) is 15.3 Å². The second kappa shape index (κ2) is 5.85. The van der Waals surface area contributed by atoms with Crippen LogP contribution in [-0.4, -0.2) is 33.0 Å². The van der Waals surface area contributed by atoms with Crippen molar-refractivity contribution in [1.29, 1.82) is 0 Å². The molecule has 3 N–H and O–H groups in total.